The highest BCUT2D eigenvalue weighted by Gasteiger charge is 2.58. The number of ether oxygens (including phenoxy) is 1. The van der Waals surface area contributed by atoms with Crippen LogP contribution in [-0.2, 0) is 4.74 Å². The van der Waals surface area contributed by atoms with Gasteiger partial charge in [-0.25, -0.2) is 0 Å². The van der Waals surface area contributed by atoms with Gasteiger partial charge < -0.3 is 9.84 Å². The molecule has 2 rings (SSSR count). The highest BCUT2D eigenvalue weighted by atomic mass is 16.6. The van der Waals surface area contributed by atoms with Gasteiger partial charge in [-0.2, -0.15) is 0 Å². The number of hydrogen-bond acceptors (Lipinski definition) is 2. The molecule has 22 heavy (non-hydrogen) atoms. The lowest BCUT2D eigenvalue weighted by Gasteiger charge is -2.44. The molecule has 2 unspecified atom stereocenters. The molecule has 1 saturated carbocycles. The maximum Gasteiger partial charge on any atom is 0.106 e. The Kier molecular flexibility index (Phi) is 4.49. The molecular formula is C20H32O2. The predicted molar refractivity (Wildman–Crippen MR) is 92.7 cm³/mol. The van der Waals surface area contributed by atoms with Gasteiger partial charge in [0.25, 0.3) is 0 Å². The van der Waals surface area contributed by atoms with Crippen molar-refractivity contribution >= 4 is 0 Å². The third kappa shape index (κ3) is 3.38. The third-order valence-corrected chi connectivity index (χ3v) is 5.79. The zero-order chi connectivity index (χ0) is 16.8. The van der Waals surface area contributed by atoms with Crippen LogP contribution in [-0.4, -0.2) is 22.4 Å². The van der Waals surface area contributed by atoms with Crippen LogP contribution >= 0.6 is 0 Å². The van der Waals surface area contributed by atoms with Crippen LogP contribution in [0.15, 0.2) is 37.0 Å². The Morgan fingerprint density at radius 3 is 2.50 bits per heavy atom. The van der Waals surface area contributed by atoms with E-state index in [9.17, 15) is 5.11 Å². The number of allylic oxidation sites excluding steroid dienone is 2. The van der Waals surface area contributed by atoms with Crippen LogP contribution in [0.2, 0.25) is 0 Å². The molecule has 1 heterocycles. The summed E-state index contributed by atoms with van der Waals surface area (Å²) >= 11 is 0. The van der Waals surface area contributed by atoms with E-state index in [2.05, 4.69) is 40.0 Å². The Morgan fingerprint density at radius 1 is 1.36 bits per heavy atom. The summed E-state index contributed by atoms with van der Waals surface area (Å²) in [5, 5.41) is 9.83. The topological polar surface area (TPSA) is 32.8 Å². The summed E-state index contributed by atoms with van der Waals surface area (Å²) in [5.74, 6) is 1.02. The number of aliphatic hydroxyl groups is 1. The van der Waals surface area contributed by atoms with E-state index >= 15 is 0 Å². The molecule has 5 atom stereocenters. The quantitative estimate of drug-likeness (QED) is 0.592. The van der Waals surface area contributed by atoms with Crippen molar-refractivity contribution in [1.29, 1.82) is 0 Å². The van der Waals surface area contributed by atoms with Crippen molar-refractivity contribution < 1.29 is 9.84 Å². The summed E-state index contributed by atoms with van der Waals surface area (Å²) in [7, 11) is 0. The molecule has 0 amide bonds. The largest absolute Gasteiger partial charge is 0.386 e. The minimum atomic E-state index is -0.777. The normalized spacial score (nSPS) is 42.4. The van der Waals surface area contributed by atoms with E-state index in [1.807, 2.05) is 12.2 Å². The van der Waals surface area contributed by atoms with E-state index in [0.29, 0.717) is 11.8 Å². The number of hydrogen-bond donors (Lipinski definition) is 1. The Labute approximate surface area is 136 Å². The Morgan fingerprint density at radius 2 is 2.00 bits per heavy atom. The lowest BCUT2D eigenvalue weighted by molar-refractivity contribution is 0.0995. The summed E-state index contributed by atoms with van der Waals surface area (Å²) in [6, 6.07) is 0. The maximum absolute atomic E-state index is 9.83. The molecule has 2 heteroatoms. The first-order valence-electron chi connectivity index (χ1n) is 8.40. The summed E-state index contributed by atoms with van der Waals surface area (Å²) in [4.78, 5) is 0. The Hall–Kier alpha value is -0.860. The molecule has 0 radical (unpaired) electrons. The van der Waals surface area contributed by atoms with Crippen LogP contribution in [0.3, 0.4) is 0 Å². The van der Waals surface area contributed by atoms with Crippen molar-refractivity contribution in [2.45, 2.75) is 71.2 Å². The van der Waals surface area contributed by atoms with Crippen molar-refractivity contribution in [3.05, 3.63) is 37.0 Å². The fourth-order valence-corrected chi connectivity index (χ4v) is 3.98. The minimum Gasteiger partial charge on any atom is -0.386 e. The molecular weight excluding hydrogens is 272 g/mol. The lowest BCUT2D eigenvalue weighted by atomic mass is 9.60. The highest BCUT2D eigenvalue weighted by molar-refractivity contribution is 5.20. The molecule has 0 aromatic rings. The van der Waals surface area contributed by atoms with Crippen molar-refractivity contribution in [2.75, 3.05) is 0 Å². The van der Waals surface area contributed by atoms with Crippen LogP contribution in [0.4, 0.5) is 0 Å². The third-order valence-electron chi connectivity index (χ3n) is 5.79. The Balaban J connectivity index is 2.08. The van der Waals surface area contributed by atoms with E-state index in [1.54, 1.807) is 13.8 Å². The fourth-order valence-electron chi connectivity index (χ4n) is 3.98. The van der Waals surface area contributed by atoms with Crippen LogP contribution in [0, 0.1) is 17.3 Å². The second-order valence-electron chi connectivity index (χ2n) is 8.32. The molecule has 2 nitrogen and oxygen atoms in total. The van der Waals surface area contributed by atoms with E-state index in [-0.39, 0.29) is 17.1 Å². The summed E-state index contributed by atoms with van der Waals surface area (Å²) < 4.78 is 6.02. The second-order valence-corrected chi connectivity index (χ2v) is 8.32. The van der Waals surface area contributed by atoms with Gasteiger partial charge in [0.1, 0.15) is 6.10 Å². The van der Waals surface area contributed by atoms with Crippen molar-refractivity contribution in [3.8, 4) is 0 Å². The molecule has 1 saturated heterocycles. The van der Waals surface area contributed by atoms with E-state index in [1.165, 1.54) is 5.57 Å². The molecule has 2 aliphatic rings. The van der Waals surface area contributed by atoms with Crippen LogP contribution in [0.1, 0.15) is 53.9 Å². The molecule has 2 fully saturated rings. The van der Waals surface area contributed by atoms with Crippen molar-refractivity contribution in [3.63, 3.8) is 0 Å². The van der Waals surface area contributed by atoms with Crippen LogP contribution in [0.5, 0.6) is 0 Å². The molecule has 124 valence electrons. The van der Waals surface area contributed by atoms with Gasteiger partial charge in [-0.1, -0.05) is 37.3 Å². The standard InChI is InChI=1S/C20H32O2/c1-8-19(6)12-9-15(13-16(19)14(2)3)20(7)17(22-20)10-11-18(4,5)21/h8,10-11,15-17,21H,1-2,9,12-13H2,3-7H3/b11-10+/t15-,16+,17?,19-,20?/m0/s1. The minimum absolute atomic E-state index is 0.0854. The predicted octanol–water partition coefficient (Wildman–Crippen LogP) is 4.66. The first kappa shape index (κ1) is 17.5. The number of epoxide rings is 1. The van der Waals surface area contributed by atoms with E-state index < -0.39 is 5.60 Å². The molecule has 0 bridgehead atoms. The van der Waals surface area contributed by atoms with Gasteiger partial charge >= 0.3 is 0 Å². The number of rotatable bonds is 5. The smallest absolute Gasteiger partial charge is 0.106 e. The average Bonchev–Trinajstić information content (AvgIpc) is 3.08. The van der Waals surface area contributed by atoms with Gasteiger partial charge in [-0.05, 0) is 64.2 Å². The van der Waals surface area contributed by atoms with Gasteiger partial charge in [0, 0.05) is 0 Å². The summed E-state index contributed by atoms with van der Waals surface area (Å²) in [5.41, 5.74) is 0.547. The zero-order valence-corrected chi connectivity index (χ0v) is 14.9. The summed E-state index contributed by atoms with van der Waals surface area (Å²) in [6.07, 6.45) is 9.52. The second kappa shape index (κ2) is 5.65. The molecule has 0 aromatic carbocycles. The summed E-state index contributed by atoms with van der Waals surface area (Å²) in [6.45, 7) is 18.5. The van der Waals surface area contributed by atoms with Crippen LogP contribution in [0.25, 0.3) is 0 Å². The van der Waals surface area contributed by atoms with Gasteiger partial charge in [0.2, 0.25) is 0 Å². The van der Waals surface area contributed by atoms with E-state index in [0.717, 1.165) is 19.3 Å². The highest BCUT2D eigenvalue weighted by Crippen LogP contribution is 2.55. The average molecular weight is 304 g/mol. The van der Waals surface area contributed by atoms with Crippen LogP contribution < -0.4 is 0 Å². The van der Waals surface area contributed by atoms with Gasteiger partial charge in [0.05, 0.1) is 11.2 Å². The Bertz CT molecular complexity index is 484. The van der Waals surface area contributed by atoms with E-state index in [4.69, 9.17) is 4.74 Å². The molecule has 0 aromatic heterocycles. The molecule has 1 aliphatic heterocycles. The zero-order valence-electron chi connectivity index (χ0n) is 14.9. The van der Waals surface area contributed by atoms with Gasteiger partial charge in [-0.15, -0.1) is 6.58 Å². The first-order valence-corrected chi connectivity index (χ1v) is 8.40. The molecule has 0 spiro atoms. The monoisotopic (exact) mass is 304 g/mol. The maximum atomic E-state index is 9.83. The van der Waals surface area contributed by atoms with Crippen molar-refractivity contribution in [1.82, 2.24) is 0 Å². The first-order chi connectivity index (χ1) is 10.0. The van der Waals surface area contributed by atoms with Gasteiger partial charge in [-0.3, -0.25) is 0 Å². The fraction of sp³-hybridized carbons (Fsp3) is 0.700. The van der Waals surface area contributed by atoms with Gasteiger partial charge in [0.15, 0.2) is 0 Å². The molecule has 1 aliphatic carbocycles. The SMILES string of the molecule is C=C[C@@]1(C)CC[C@H](C2(C)OC2/C=C/C(C)(C)O)C[C@@H]1C(=C)C. The lowest BCUT2D eigenvalue weighted by Crippen LogP contribution is -2.38. The van der Waals surface area contributed by atoms with Crippen molar-refractivity contribution in [2.24, 2.45) is 17.3 Å². The molecule has 1 N–H and O–H groups in total.